The normalized spacial score (nSPS) is 18.3. The predicted octanol–water partition coefficient (Wildman–Crippen LogP) is 2.39. The standard InChI is InChI=1S/C16H20BrNO4/c1-11-8-12(2-4-14(11)17)3-5-15(19)18-6-7-22-10-13(18)9-16(20)21/h2,4,8,13H,3,5-7,9-10H2,1H3,(H,20,21). The number of benzene rings is 1. The number of halogens is 1. The number of carboxylic acids is 1. The maximum atomic E-state index is 12.4. The van der Waals surface area contributed by atoms with Crippen LogP contribution in [0, 0.1) is 6.92 Å². The van der Waals surface area contributed by atoms with Gasteiger partial charge in [-0.15, -0.1) is 0 Å². The zero-order chi connectivity index (χ0) is 16.1. The number of ether oxygens (including phenoxy) is 1. The van der Waals surface area contributed by atoms with Gasteiger partial charge in [0, 0.05) is 17.4 Å². The minimum atomic E-state index is -0.906. The van der Waals surface area contributed by atoms with Gasteiger partial charge in [0.15, 0.2) is 0 Å². The summed E-state index contributed by atoms with van der Waals surface area (Å²) in [5.74, 6) is -0.910. The number of carbonyl (C=O) groups is 2. The summed E-state index contributed by atoms with van der Waals surface area (Å²) in [4.78, 5) is 24.9. The van der Waals surface area contributed by atoms with E-state index in [-0.39, 0.29) is 18.4 Å². The zero-order valence-corrected chi connectivity index (χ0v) is 14.1. The Hall–Kier alpha value is -1.40. The first-order chi connectivity index (χ1) is 10.5. The highest BCUT2D eigenvalue weighted by molar-refractivity contribution is 9.10. The minimum absolute atomic E-state index is 0.00452. The van der Waals surface area contributed by atoms with E-state index in [4.69, 9.17) is 9.84 Å². The maximum absolute atomic E-state index is 12.4. The molecule has 120 valence electrons. The van der Waals surface area contributed by atoms with E-state index in [9.17, 15) is 9.59 Å². The Morgan fingerprint density at radius 1 is 1.45 bits per heavy atom. The topological polar surface area (TPSA) is 66.8 Å². The third-order valence-corrected chi connectivity index (χ3v) is 4.70. The van der Waals surface area contributed by atoms with Gasteiger partial charge in [0.05, 0.1) is 25.7 Å². The van der Waals surface area contributed by atoms with E-state index in [1.807, 2.05) is 19.1 Å². The SMILES string of the molecule is Cc1cc(CCC(=O)N2CCOCC2CC(=O)O)ccc1Br. The molecule has 22 heavy (non-hydrogen) atoms. The first-order valence-corrected chi connectivity index (χ1v) is 8.10. The minimum Gasteiger partial charge on any atom is -0.481 e. The molecule has 1 aliphatic rings. The molecule has 1 aromatic rings. The molecule has 1 aromatic carbocycles. The van der Waals surface area contributed by atoms with Crippen LogP contribution < -0.4 is 0 Å². The second-order valence-corrected chi connectivity index (χ2v) is 6.35. The molecule has 0 aromatic heterocycles. The summed E-state index contributed by atoms with van der Waals surface area (Å²) in [5, 5.41) is 8.93. The van der Waals surface area contributed by atoms with Crippen LogP contribution in [-0.2, 0) is 20.7 Å². The average molecular weight is 370 g/mol. The summed E-state index contributed by atoms with van der Waals surface area (Å²) in [5.41, 5.74) is 2.25. The number of aliphatic carboxylic acids is 1. The Morgan fingerprint density at radius 2 is 2.23 bits per heavy atom. The smallest absolute Gasteiger partial charge is 0.305 e. The molecule has 2 rings (SSSR count). The van der Waals surface area contributed by atoms with Crippen LogP contribution in [-0.4, -0.2) is 47.7 Å². The van der Waals surface area contributed by atoms with Crippen LogP contribution in [0.25, 0.3) is 0 Å². The van der Waals surface area contributed by atoms with Crippen molar-refractivity contribution in [1.82, 2.24) is 4.90 Å². The molecule has 0 saturated carbocycles. The number of hydrogen-bond donors (Lipinski definition) is 1. The molecule has 1 fully saturated rings. The second kappa shape index (κ2) is 7.74. The fourth-order valence-electron chi connectivity index (χ4n) is 2.61. The van der Waals surface area contributed by atoms with E-state index in [2.05, 4.69) is 22.0 Å². The van der Waals surface area contributed by atoms with E-state index in [1.165, 1.54) is 0 Å². The van der Waals surface area contributed by atoms with Crippen molar-refractivity contribution >= 4 is 27.8 Å². The van der Waals surface area contributed by atoms with Gasteiger partial charge in [-0.3, -0.25) is 9.59 Å². The maximum Gasteiger partial charge on any atom is 0.305 e. The quantitative estimate of drug-likeness (QED) is 0.865. The summed E-state index contributed by atoms with van der Waals surface area (Å²) in [6, 6.07) is 5.69. The molecule has 1 aliphatic heterocycles. The number of nitrogens with zero attached hydrogens (tertiary/aromatic N) is 1. The summed E-state index contributed by atoms with van der Waals surface area (Å²) < 4.78 is 6.35. The van der Waals surface area contributed by atoms with Crippen molar-refractivity contribution in [3.8, 4) is 0 Å². The lowest BCUT2D eigenvalue weighted by atomic mass is 10.1. The van der Waals surface area contributed by atoms with E-state index in [0.29, 0.717) is 32.6 Å². The highest BCUT2D eigenvalue weighted by atomic mass is 79.9. The van der Waals surface area contributed by atoms with Crippen LogP contribution in [0.15, 0.2) is 22.7 Å². The second-order valence-electron chi connectivity index (χ2n) is 5.50. The highest BCUT2D eigenvalue weighted by Gasteiger charge is 2.28. The molecule has 1 N–H and O–H groups in total. The fraction of sp³-hybridized carbons (Fsp3) is 0.500. The molecule has 6 heteroatoms. The van der Waals surface area contributed by atoms with Crippen molar-refractivity contribution in [1.29, 1.82) is 0 Å². The van der Waals surface area contributed by atoms with Crippen LogP contribution in [0.5, 0.6) is 0 Å². The van der Waals surface area contributed by atoms with E-state index in [1.54, 1.807) is 4.90 Å². The number of carboxylic acid groups (broad SMARTS) is 1. The lowest BCUT2D eigenvalue weighted by Crippen LogP contribution is -2.49. The van der Waals surface area contributed by atoms with Crippen molar-refractivity contribution in [3.63, 3.8) is 0 Å². The lowest BCUT2D eigenvalue weighted by Gasteiger charge is -2.35. The molecule has 5 nitrogen and oxygen atoms in total. The largest absolute Gasteiger partial charge is 0.481 e. The van der Waals surface area contributed by atoms with Gasteiger partial charge in [-0.25, -0.2) is 0 Å². The average Bonchev–Trinajstić information content (AvgIpc) is 2.48. The van der Waals surface area contributed by atoms with Gasteiger partial charge in [-0.1, -0.05) is 28.1 Å². The Balaban J connectivity index is 1.94. The van der Waals surface area contributed by atoms with Gasteiger partial charge >= 0.3 is 5.97 Å². The summed E-state index contributed by atoms with van der Waals surface area (Å²) >= 11 is 3.46. The van der Waals surface area contributed by atoms with Crippen LogP contribution in [0.1, 0.15) is 24.0 Å². The first-order valence-electron chi connectivity index (χ1n) is 7.31. The Bertz CT molecular complexity index is 561. The number of morpholine rings is 1. The van der Waals surface area contributed by atoms with Gasteiger partial charge in [-0.05, 0) is 30.5 Å². The lowest BCUT2D eigenvalue weighted by molar-refractivity contribution is -0.146. The third-order valence-electron chi connectivity index (χ3n) is 3.81. The van der Waals surface area contributed by atoms with Crippen molar-refractivity contribution < 1.29 is 19.4 Å². The monoisotopic (exact) mass is 369 g/mol. The number of hydrogen-bond acceptors (Lipinski definition) is 3. The molecule has 0 spiro atoms. The van der Waals surface area contributed by atoms with Crippen molar-refractivity contribution in [3.05, 3.63) is 33.8 Å². The molecule has 0 radical (unpaired) electrons. The van der Waals surface area contributed by atoms with Crippen molar-refractivity contribution in [2.24, 2.45) is 0 Å². The Labute approximate surface area is 138 Å². The highest BCUT2D eigenvalue weighted by Crippen LogP contribution is 2.19. The third kappa shape index (κ3) is 4.55. The van der Waals surface area contributed by atoms with Crippen LogP contribution >= 0.6 is 15.9 Å². The summed E-state index contributed by atoms with van der Waals surface area (Å²) in [7, 11) is 0. The molecule has 1 heterocycles. The first kappa shape index (κ1) is 17.0. The molecule has 1 unspecified atom stereocenters. The number of aryl methyl sites for hydroxylation is 2. The van der Waals surface area contributed by atoms with E-state index in [0.717, 1.165) is 15.6 Å². The molecule has 1 atom stereocenters. The fourth-order valence-corrected chi connectivity index (χ4v) is 2.86. The Kier molecular flexibility index (Phi) is 5.97. The zero-order valence-electron chi connectivity index (χ0n) is 12.5. The molecule has 0 aliphatic carbocycles. The van der Waals surface area contributed by atoms with E-state index >= 15 is 0 Å². The molecular weight excluding hydrogens is 350 g/mol. The van der Waals surface area contributed by atoms with Crippen molar-refractivity contribution in [2.75, 3.05) is 19.8 Å². The van der Waals surface area contributed by atoms with Gasteiger partial charge < -0.3 is 14.7 Å². The predicted molar refractivity (Wildman–Crippen MR) is 85.8 cm³/mol. The van der Waals surface area contributed by atoms with Gasteiger partial charge in [0.1, 0.15) is 0 Å². The molecular formula is C16H20BrNO4. The number of amides is 1. The number of carbonyl (C=O) groups excluding carboxylic acids is 1. The van der Waals surface area contributed by atoms with Crippen LogP contribution in [0.3, 0.4) is 0 Å². The van der Waals surface area contributed by atoms with E-state index < -0.39 is 5.97 Å². The Morgan fingerprint density at radius 3 is 2.91 bits per heavy atom. The van der Waals surface area contributed by atoms with Gasteiger partial charge in [-0.2, -0.15) is 0 Å². The van der Waals surface area contributed by atoms with Crippen LogP contribution in [0.4, 0.5) is 0 Å². The summed E-state index contributed by atoms with van der Waals surface area (Å²) in [6.45, 7) is 3.26. The van der Waals surface area contributed by atoms with Crippen LogP contribution in [0.2, 0.25) is 0 Å². The van der Waals surface area contributed by atoms with Gasteiger partial charge in [0.25, 0.3) is 0 Å². The van der Waals surface area contributed by atoms with Crippen molar-refractivity contribution in [2.45, 2.75) is 32.2 Å². The number of rotatable bonds is 5. The molecule has 0 bridgehead atoms. The van der Waals surface area contributed by atoms with Gasteiger partial charge in [0.2, 0.25) is 5.91 Å². The molecule has 1 saturated heterocycles. The molecule has 1 amide bonds. The summed E-state index contributed by atoms with van der Waals surface area (Å²) in [6.07, 6.45) is 0.977.